The van der Waals surface area contributed by atoms with Crippen LogP contribution in [0.15, 0.2) is 18.0 Å². The Balaban J connectivity index is 1.90. The van der Waals surface area contributed by atoms with E-state index in [2.05, 4.69) is 46.3 Å². The number of hydrogen-bond donors (Lipinski definition) is 3. The van der Waals surface area contributed by atoms with Crippen molar-refractivity contribution < 1.29 is 9.59 Å². The van der Waals surface area contributed by atoms with Crippen LogP contribution in [0.5, 0.6) is 0 Å². The quantitative estimate of drug-likeness (QED) is 0.623. The number of amides is 2. The van der Waals surface area contributed by atoms with Crippen molar-refractivity contribution in [2.75, 3.05) is 13.6 Å². The largest absolute Gasteiger partial charge is 0.356 e. The van der Waals surface area contributed by atoms with Crippen molar-refractivity contribution in [3.05, 3.63) is 34.2 Å². The van der Waals surface area contributed by atoms with Crippen LogP contribution in [0.3, 0.4) is 0 Å². The van der Waals surface area contributed by atoms with Crippen LogP contribution >= 0.6 is 0 Å². The van der Waals surface area contributed by atoms with Gasteiger partial charge in [0.25, 0.3) is 5.91 Å². The Bertz CT molecular complexity index is 876. The summed E-state index contributed by atoms with van der Waals surface area (Å²) in [6, 6.07) is -0.225. The van der Waals surface area contributed by atoms with Crippen LogP contribution in [0.1, 0.15) is 56.8 Å². The molecule has 2 heterocycles. The van der Waals surface area contributed by atoms with Gasteiger partial charge in [0.15, 0.2) is 5.70 Å². The number of nitrogens with zero attached hydrogens (tertiary/aromatic N) is 1. The summed E-state index contributed by atoms with van der Waals surface area (Å²) in [5.41, 5.74) is 1.95. The van der Waals surface area contributed by atoms with Crippen molar-refractivity contribution in [1.82, 2.24) is 20.2 Å². The molecule has 2 aliphatic rings. The predicted octanol–water partition coefficient (Wildman–Crippen LogP) is 0.894. The molecular formula is C21H31N4O2+. The zero-order valence-corrected chi connectivity index (χ0v) is 16.8. The topological polar surface area (TPSA) is 77.0 Å². The minimum Gasteiger partial charge on any atom is -0.356 e. The van der Waals surface area contributed by atoms with Crippen LogP contribution in [0, 0.1) is 11.8 Å². The van der Waals surface area contributed by atoms with Gasteiger partial charge in [-0.05, 0) is 45.3 Å². The molecule has 1 aliphatic heterocycles. The van der Waals surface area contributed by atoms with Crippen molar-refractivity contribution in [1.29, 1.82) is 0 Å². The van der Waals surface area contributed by atoms with E-state index in [1.165, 1.54) is 18.5 Å². The number of fused-ring (bicyclic) bond motifs is 1. The fraction of sp³-hybridized carbons (Fsp3) is 0.571. The molecule has 0 bridgehead atoms. The summed E-state index contributed by atoms with van der Waals surface area (Å²) in [5, 5.41) is 7.67. The van der Waals surface area contributed by atoms with Gasteiger partial charge in [-0.15, -0.1) is 0 Å². The molecule has 2 amide bonds. The number of aromatic nitrogens is 1. The smallest absolute Gasteiger partial charge is 0.259 e. The molecule has 1 aromatic heterocycles. The van der Waals surface area contributed by atoms with E-state index in [1.807, 2.05) is 13.8 Å². The summed E-state index contributed by atoms with van der Waals surface area (Å²) in [7, 11) is 2.05. The van der Waals surface area contributed by atoms with Gasteiger partial charge in [0, 0.05) is 37.0 Å². The highest BCUT2D eigenvalue weighted by Crippen LogP contribution is 2.37. The first-order chi connectivity index (χ1) is 12.9. The first-order valence-electron chi connectivity index (χ1n) is 10.0. The molecule has 1 saturated carbocycles. The molecule has 2 unspecified atom stereocenters. The number of hydrogen-bond acceptors (Lipinski definition) is 2. The summed E-state index contributed by atoms with van der Waals surface area (Å²) < 4.78 is 2.18. The number of H-pyrrole nitrogens is 1. The van der Waals surface area contributed by atoms with Crippen LogP contribution in [0.4, 0.5) is 0 Å². The second kappa shape index (κ2) is 8.11. The van der Waals surface area contributed by atoms with Gasteiger partial charge >= 0.3 is 0 Å². The van der Waals surface area contributed by atoms with Gasteiger partial charge in [-0.1, -0.05) is 6.92 Å². The maximum Gasteiger partial charge on any atom is 0.259 e. The third-order valence-electron chi connectivity index (χ3n) is 5.33. The van der Waals surface area contributed by atoms with E-state index in [4.69, 9.17) is 0 Å². The molecule has 1 aromatic rings. The molecule has 146 valence electrons. The van der Waals surface area contributed by atoms with Crippen LogP contribution in [-0.2, 0) is 4.79 Å². The lowest BCUT2D eigenvalue weighted by Crippen LogP contribution is -2.43. The van der Waals surface area contributed by atoms with Gasteiger partial charge in [0.05, 0.1) is 0 Å². The third kappa shape index (κ3) is 4.31. The van der Waals surface area contributed by atoms with Gasteiger partial charge in [0.2, 0.25) is 11.3 Å². The fourth-order valence-electron chi connectivity index (χ4n) is 3.74. The van der Waals surface area contributed by atoms with E-state index in [-0.39, 0.29) is 24.3 Å². The van der Waals surface area contributed by atoms with Gasteiger partial charge in [-0.25, -0.2) is 0 Å². The highest BCUT2D eigenvalue weighted by atomic mass is 16.2. The summed E-state index contributed by atoms with van der Waals surface area (Å²) in [4.78, 5) is 27.9. The Morgan fingerprint density at radius 2 is 2.04 bits per heavy atom. The molecule has 0 saturated heterocycles. The summed E-state index contributed by atoms with van der Waals surface area (Å²) >= 11 is 0. The fourth-order valence-corrected chi connectivity index (χ4v) is 3.74. The Kier molecular flexibility index (Phi) is 5.82. The lowest BCUT2D eigenvalue weighted by molar-refractivity contribution is -0.121. The van der Waals surface area contributed by atoms with Gasteiger partial charge in [-0.2, -0.15) is 4.58 Å². The average molecular weight is 372 g/mol. The number of rotatable bonds is 7. The normalized spacial score (nSPS) is 20.1. The zero-order chi connectivity index (χ0) is 19.6. The van der Waals surface area contributed by atoms with E-state index in [0.717, 1.165) is 17.1 Å². The minimum atomic E-state index is -0.225. The molecule has 27 heavy (non-hydrogen) atoms. The maximum atomic E-state index is 12.9. The molecule has 0 radical (unpaired) electrons. The zero-order valence-electron chi connectivity index (χ0n) is 16.8. The van der Waals surface area contributed by atoms with Crippen molar-refractivity contribution in [3.63, 3.8) is 0 Å². The van der Waals surface area contributed by atoms with Crippen LogP contribution in [-0.4, -0.2) is 36.4 Å². The van der Waals surface area contributed by atoms with E-state index < -0.39 is 0 Å². The number of carbonyl (C=O) groups is 2. The molecule has 6 nitrogen and oxygen atoms in total. The summed E-state index contributed by atoms with van der Waals surface area (Å²) in [6.07, 6.45) is 10.1. The highest BCUT2D eigenvalue weighted by Gasteiger charge is 2.35. The van der Waals surface area contributed by atoms with E-state index in [1.54, 1.807) is 6.20 Å². The Hall–Kier alpha value is -2.37. The summed E-state index contributed by atoms with van der Waals surface area (Å²) in [5.74, 6) is 0.782. The van der Waals surface area contributed by atoms with Crippen LogP contribution in [0.2, 0.25) is 0 Å². The van der Waals surface area contributed by atoms with Crippen molar-refractivity contribution in [2.24, 2.45) is 11.8 Å². The lowest BCUT2D eigenvalue weighted by atomic mass is 10.0. The van der Waals surface area contributed by atoms with Gasteiger partial charge in [0.1, 0.15) is 18.0 Å². The molecular weight excluding hydrogens is 340 g/mol. The first kappa shape index (κ1) is 19.4. The van der Waals surface area contributed by atoms with Crippen molar-refractivity contribution in [3.8, 4) is 0 Å². The SMILES string of the molecule is CCNC(=O)CC(C)NC(=O)c1c[nH]c2c1=[N+](C)C(C1CC1)=CC(CC)C=2. The van der Waals surface area contributed by atoms with E-state index in [9.17, 15) is 9.59 Å². The molecule has 3 N–H and O–H groups in total. The number of aromatic amines is 1. The van der Waals surface area contributed by atoms with Crippen LogP contribution in [0.25, 0.3) is 6.08 Å². The Labute approximate surface area is 160 Å². The standard InChI is InChI=1S/C21H30N4O2/c1-5-14-10-17-20(25(4)18(11-14)15-7-8-15)16(12-23-17)21(27)24-13(3)9-19(26)22-6-2/h10-15H,5-9H2,1-4H3,(H2,22,24,26,27)/p+1. The first-order valence-corrected chi connectivity index (χ1v) is 10.0. The predicted molar refractivity (Wildman–Crippen MR) is 106 cm³/mol. The second-order valence-corrected chi connectivity index (χ2v) is 7.66. The van der Waals surface area contributed by atoms with E-state index >= 15 is 0 Å². The number of allylic oxidation sites excluding steroid dienone is 2. The second-order valence-electron chi connectivity index (χ2n) is 7.66. The Morgan fingerprint density at radius 1 is 1.30 bits per heavy atom. The lowest BCUT2D eigenvalue weighted by Gasteiger charge is -2.12. The molecule has 1 fully saturated rings. The summed E-state index contributed by atoms with van der Waals surface area (Å²) in [6.45, 7) is 6.53. The number of nitrogens with one attached hydrogen (secondary N) is 3. The molecule has 6 heteroatoms. The van der Waals surface area contributed by atoms with E-state index in [0.29, 0.717) is 23.9 Å². The molecule has 1 aliphatic carbocycles. The Morgan fingerprint density at radius 3 is 2.67 bits per heavy atom. The van der Waals surface area contributed by atoms with Crippen molar-refractivity contribution in [2.45, 2.75) is 52.5 Å². The van der Waals surface area contributed by atoms with Crippen LogP contribution < -0.4 is 25.9 Å². The molecule has 0 aromatic carbocycles. The third-order valence-corrected chi connectivity index (χ3v) is 5.33. The molecule has 0 spiro atoms. The molecule has 3 rings (SSSR count). The van der Waals surface area contributed by atoms with Gasteiger partial charge in [-0.3, -0.25) is 9.59 Å². The monoisotopic (exact) mass is 371 g/mol. The highest BCUT2D eigenvalue weighted by molar-refractivity contribution is 5.94. The van der Waals surface area contributed by atoms with Crippen molar-refractivity contribution >= 4 is 17.9 Å². The van der Waals surface area contributed by atoms with Gasteiger partial charge < -0.3 is 15.6 Å². The maximum absolute atomic E-state index is 12.9. The molecule has 2 atom stereocenters. The average Bonchev–Trinajstić information content (AvgIpc) is 3.38. The minimum absolute atomic E-state index is 0.0478. The number of carbonyl (C=O) groups excluding carboxylic acids is 2.